The molecule has 0 radical (unpaired) electrons. The fraction of sp³-hybridized carbons (Fsp3) is 0.0769. The number of nitrogens with one attached hydrogen (secondary N) is 1. The van der Waals surface area contributed by atoms with Gasteiger partial charge in [0, 0.05) is 12.4 Å². The Kier molecular flexibility index (Phi) is 3.10. The van der Waals surface area contributed by atoms with Gasteiger partial charge in [0.2, 0.25) is 5.65 Å². The molecule has 0 aliphatic rings. The number of imidazole rings is 1. The highest BCUT2D eigenvalue weighted by Gasteiger charge is 2.09. The van der Waals surface area contributed by atoms with Crippen LogP contribution in [0.15, 0.2) is 42.9 Å². The van der Waals surface area contributed by atoms with Crippen molar-refractivity contribution in [1.29, 1.82) is 0 Å². The van der Waals surface area contributed by atoms with Crippen molar-refractivity contribution in [3.63, 3.8) is 0 Å². The molecule has 7 nitrogen and oxygen atoms in total. The number of aromatic nitrogens is 3. The highest BCUT2D eigenvalue weighted by molar-refractivity contribution is 5.54. The molecule has 2 heterocycles. The van der Waals surface area contributed by atoms with Crippen LogP contribution in [0.3, 0.4) is 0 Å². The topological polar surface area (TPSA) is 86.7 Å². The van der Waals surface area contributed by atoms with E-state index in [1.54, 1.807) is 42.2 Å². The van der Waals surface area contributed by atoms with Crippen LogP contribution in [0.4, 0.5) is 5.82 Å². The summed E-state index contributed by atoms with van der Waals surface area (Å²) >= 11 is 0. The number of hydrogen-bond acceptors (Lipinski definition) is 6. The number of methoxy groups -OCH3 is 1. The van der Waals surface area contributed by atoms with Gasteiger partial charge in [0.15, 0.2) is 5.82 Å². The Hall–Kier alpha value is -2.80. The highest BCUT2D eigenvalue weighted by atomic mass is 16.5. The molecule has 3 N–H and O–H groups in total. The van der Waals surface area contributed by atoms with Crippen LogP contribution in [0.5, 0.6) is 17.4 Å². The van der Waals surface area contributed by atoms with Crippen LogP contribution >= 0.6 is 0 Å². The molecule has 0 atom stereocenters. The second-order valence-corrected chi connectivity index (χ2v) is 4.01. The Morgan fingerprint density at radius 2 is 1.95 bits per heavy atom. The molecule has 0 unspecified atom stereocenters. The van der Waals surface area contributed by atoms with Gasteiger partial charge in [-0.25, -0.2) is 10.8 Å². The van der Waals surface area contributed by atoms with Gasteiger partial charge in [-0.2, -0.15) is 4.98 Å². The number of hydrazine groups is 1. The molecule has 0 fully saturated rings. The third kappa shape index (κ3) is 2.21. The number of anilines is 1. The molecule has 0 aliphatic heterocycles. The number of nitrogen functional groups attached to an aromatic ring is 1. The second-order valence-electron chi connectivity index (χ2n) is 4.01. The third-order valence-corrected chi connectivity index (χ3v) is 2.77. The smallest absolute Gasteiger partial charge is 0.265 e. The SMILES string of the molecule is COc1ccc(Oc2nc(NN)cn3ccnc23)cc1. The maximum atomic E-state index is 5.75. The molecule has 3 aromatic rings. The quantitative estimate of drug-likeness (QED) is 0.556. The molecule has 3 rings (SSSR count). The first-order valence-electron chi connectivity index (χ1n) is 5.92. The van der Waals surface area contributed by atoms with Gasteiger partial charge in [-0.1, -0.05) is 0 Å². The van der Waals surface area contributed by atoms with Crippen LogP contribution in [0, 0.1) is 0 Å². The number of nitrogens with two attached hydrogens (primary N) is 1. The average Bonchev–Trinajstić information content (AvgIpc) is 2.96. The van der Waals surface area contributed by atoms with Gasteiger partial charge in [-0.3, -0.25) is 4.40 Å². The summed E-state index contributed by atoms with van der Waals surface area (Å²) in [5, 5.41) is 0. The Morgan fingerprint density at radius 1 is 1.20 bits per heavy atom. The molecule has 0 aliphatic carbocycles. The van der Waals surface area contributed by atoms with E-state index in [1.165, 1.54) is 0 Å². The standard InChI is InChI=1S/C13H13N5O2/c1-19-9-2-4-10(5-3-9)20-13-12-15-6-7-18(12)8-11(16-13)17-14/h2-8,17H,14H2,1H3. The summed E-state index contributed by atoms with van der Waals surface area (Å²) in [6, 6.07) is 7.21. The number of benzene rings is 1. The van der Waals surface area contributed by atoms with Gasteiger partial charge in [-0.15, -0.1) is 0 Å². The summed E-state index contributed by atoms with van der Waals surface area (Å²) in [5.41, 5.74) is 3.10. The van der Waals surface area contributed by atoms with Crippen molar-refractivity contribution in [2.45, 2.75) is 0 Å². The molecular formula is C13H13N5O2. The molecule has 0 saturated heterocycles. The fourth-order valence-electron chi connectivity index (χ4n) is 1.80. The van der Waals surface area contributed by atoms with Gasteiger partial charge in [0.25, 0.3) is 5.88 Å². The molecule has 0 saturated carbocycles. The number of hydrogen-bond donors (Lipinski definition) is 2. The summed E-state index contributed by atoms with van der Waals surface area (Å²) in [7, 11) is 1.61. The minimum atomic E-state index is 0.371. The normalized spacial score (nSPS) is 10.5. The Bertz CT molecular complexity index is 723. The minimum Gasteiger partial charge on any atom is -0.497 e. The lowest BCUT2D eigenvalue weighted by molar-refractivity contribution is 0.412. The molecule has 0 spiro atoms. The van der Waals surface area contributed by atoms with E-state index >= 15 is 0 Å². The molecule has 20 heavy (non-hydrogen) atoms. The van der Waals surface area contributed by atoms with Gasteiger partial charge in [0.05, 0.1) is 13.3 Å². The van der Waals surface area contributed by atoms with Crippen LogP contribution in [0.25, 0.3) is 5.65 Å². The van der Waals surface area contributed by atoms with E-state index in [0.29, 0.717) is 23.1 Å². The number of nitrogens with zero attached hydrogens (tertiary/aromatic N) is 3. The van der Waals surface area contributed by atoms with Crippen LogP contribution in [0.1, 0.15) is 0 Å². The van der Waals surface area contributed by atoms with Crippen molar-refractivity contribution in [3.8, 4) is 17.4 Å². The summed E-state index contributed by atoms with van der Waals surface area (Å²) in [6.07, 6.45) is 5.18. The van der Waals surface area contributed by atoms with E-state index in [2.05, 4.69) is 15.4 Å². The molecule has 2 aromatic heterocycles. The maximum absolute atomic E-state index is 5.75. The number of fused-ring (bicyclic) bond motifs is 1. The van der Waals surface area contributed by atoms with Crippen molar-refractivity contribution in [2.24, 2.45) is 5.84 Å². The first-order chi connectivity index (χ1) is 9.80. The monoisotopic (exact) mass is 271 g/mol. The summed E-state index contributed by atoms with van der Waals surface area (Å²) < 4.78 is 12.6. The molecule has 0 bridgehead atoms. The second kappa shape index (κ2) is 5.06. The highest BCUT2D eigenvalue weighted by Crippen LogP contribution is 2.26. The zero-order valence-electron chi connectivity index (χ0n) is 10.8. The van der Waals surface area contributed by atoms with Crippen molar-refractivity contribution in [1.82, 2.24) is 14.4 Å². The van der Waals surface area contributed by atoms with Crippen molar-refractivity contribution in [3.05, 3.63) is 42.9 Å². The Labute approximate surface area is 114 Å². The van der Waals surface area contributed by atoms with Gasteiger partial charge in [-0.05, 0) is 24.3 Å². The number of ether oxygens (including phenoxy) is 2. The van der Waals surface area contributed by atoms with Gasteiger partial charge >= 0.3 is 0 Å². The number of rotatable bonds is 4. The van der Waals surface area contributed by atoms with E-state index in [-0.39, 0.29) is 0 Å². The lowest BCUT2D eigenvalue weighted by atomic mass is 10.3. The molecule has 102 valence electrons. The van der Waals surface area contributed by atoms with Crippen LogP contribution in [-0.4, -0.2) is 21.5 Å². The zero-order valence-corrected chi connectivity index (χ0v) is 10.8. The van der Waals surface area contributed by atoms with Gasteiger partial charge < -0.3 is 14.9 Å². The van der Waals surface area contributed by atoms with Crippen molar-refractivity contribution < 1.29 is 9.47 Å². The summed E-state index contributed by atoms with van der Waals surface area (Å²) in [5.74, 6) is 7.64. The van der Waals surface area contributed by atoms with Gasteiger partial charge in [0.1, 0.15) is 11.5 Å². The van der Waals surface area contributed by atoms with E-state index in [9.17, 15) is 0 Å². The fourth-order valence-corrected chi connectivity index (χ4v) is 1.80. The van der Waals surface area contributed by atoms with Crippen LogP contribution in [-0.2, 0) is 0 Å². The first-order valence-corrected chi connectivity index (χ1v) is 5.92. The lowest BCUT2D eigenvalue weighted by Gasteiger charge is -2.08. The van der Waals surface area contributed by atoms with Crippen LogP contribution < -0.4 is 20.7 Å². The predicted octanol–water partition coefficient (Wildman–Crippen LogP) is 1.82. The molecule has 0 amide bonds. The largest absolute Gasteiger partial charge is 0.497 e. The maximum Gasteiger partial charge on any atom is 0.265 e. The first kappa shape index (κ1) is 12.2. The Morgan fingerprint density at radius 3 is 2.65 bits per heavy atom. The third-order valence-electron chi connectivity index (χ3n) is 2.77. The van der Waals surface area contributed by atoms with E-state index in [4.69, 9.17) is 15.3 Å². The van der Waals surface area contributed by atoms with Crippen molar-refractivity contribution in [2.75, 3.05) is 12.5 Å². The average molecular weight is 271 g/mol. The summed E-state index contributed by atoms with van der Waals surface area (Å²) in [6.45, 7) is 0. The van der Waals surface area contributed by atoms with E-state index < -0.39 is 0 Å². The molecule has 1 aromatic carbocycles. The summed E-state index contributed by atoms with van der Waals surface area (Å²) in [4.78, 5) is 8.46. The minimum absolute atomic E-state index is 0.371. The molecule has 7 heteroatoms. The van der Waals surface area contributed by atoms with Crippen molar-refractivity contribution >= 4 is 11.5 Å². The van der Waals surface area contributed by atoms with E-state index in [1.807, 2.05) is 12.1 Å². The predicted molar refractivity (Wildman–Crippen MR) is 73.9 cm³/mol. The lowest BCUT2D eigenvalue weighted by Crippen LogP contribution is -2.10. The van der Waals surface area contributed by atoms with Crippen LogP contribution in [0.2, 0.25) is 0 Å². The Balaban J connectivity index is 1.98. The molecular weight excluding hydrogens is 258 g/mol. The van der Waals surface area contributed by atoms with E-state index in [0.717, 1.165) is 5.75 Å². The zero-order chi connectivity index (χ0) is 13.9.